The number of benzene rings is 1. The van der Waals surface area contributed by atoms with Gasteiger partial charge in [-0.15, -0.1) is 0 Å². The van der Waals surface area contributed by atoms with E-state index in [4.69, 9.17) is 9.94 Å². The Kier molecular flexibility index (Phi) is 6.98. The zero-order valence-corrected chi connectivity index (χ0v) is 18.5. The van der Waals surface area contributed by atoms with Gasteiger partial charge in [-0.2, -0.15) is 0 Å². The quantitative estimate of drug-likeness (QED) is 0.495. The van der Waals surface area contributed by atoms with Crippen LogP contribution >= 0.6 is 0 Å². The fourth-order valence-electron chi connectivity index (χ4n) is 3.77. The molecule has 1 aromatic carbocycles. The normalized spacial score (nSPS) is 17.1. The van der Waals surface area contributed by atoms with E-state index in [1.807, 2.05) is 12.1 Å². The van der Waals surface area contributed by atoms with E-state index in [2.05, 4.69) is 12.1 Å². The maximum absolute atomic E-state index is 12.6. The standard InChI is InChI=1S/C22H28N2O6S/c1-22(21(26)23-27,31(2,28)29)10-12-24-11-7-19(15-20(24)25)17-5-3-16(4-6-17)18-8-13-30-14-9-18/h3-7,11,15,18,27H,8-10,12-14H2,1-2H3,(H,23,26)/t22-/m1/s1. The summed E-state index contributed by atoms with van der Waals surface area (Å²) in [6.45, 7) is 2.80. The van der Waals surface area contributed by atoms with Crippen LogP contribution in [0, 0.1) is 0 Å². The molecule has 9 heteroatoms. The van der Waals surface area contributed by atoms with Gasteiger partial charge in [-0.1, -0.05) is 24.3 Å². The minimum atomic E-state index is -3.82. The van der Waals surface area contributed by atoms with Crippen LogP contribution in [0.3, 0.4) is 0 Å². The number of hydrogen-bond donors (Lipinski definition) is 2. The number of nitrogens with zero attached hydrogens (tertiary/aromatic N) is 1. The minimum absolute atomic E-state index is 0.0127. The smallest absolute Gasteiger partial charge is 0.264 e. The highest BCUT2D eigenvalue weighted by atomic mass is 32.2. The zero-order valence-electron chi connectivity index (χ0n) is 17.7. The first-order valence-corrected chi connectivity index (χ1v) is 12.1. The molecule has 1 aliphatic rings. The number of hydrogen-bond acceptors (Lipinski definition) is 6. The largest absolute Gasteiger partial charge is 0.381 e. The fourth-order valence-corrected chi connectivity index (χ4v) is 4.61. The summed E-state index contributed by atoms with van der Waals surface area (Å²) >= 11 is 0. The Morgan fingerprint density at radius 2 is 1.84 bits per heavy atom. The van der Waals surface area contributed by atoms with Crippen LogP contribution in [0.5, 0.6) is 0 Å². The maximum atomic E-state index is 12.6. The average Bonchev–Trinajstić information content (AvgIpc) is 2.77. The lowest BCUT2D eigenvalue weighted by atomic mass is 9.90. The van der Waals surface area contributed by atoms with E-state index in [9.17, 15) is 18.0 Å². The predicted octanol–water partition coefficient (Wildman–Crippen LogP) is 2.11. The van der Waals surface area contributed by atoms with Gasteiger partial charge in [-0.3, -0.25) is 14.8 Å². The van der Waals surface area contributed by atoms with Gasteiger partial charge in [0.15, 0.2) is 14.6 Å². The van der Waals surface area contributed by atoms with Gasteiger partial charge in [0.05, 0.1) is 0 Å². The Balaban J connectivity index is 1.75. The molecule has 1 atom stereocenters. The van der Waals surface area contributed by atoms with Crippen LogP contribution in [0.4, 0.5) is 0 Å². The Labute approximate surface area is 181 Å². The summed E-state index contributed by atoms with van der Waals surface area (Å²) in [5.41, 5.74) is 4.06. The molecule has 0 radical (unpaired) electrons. The molecule has 1 fully saturated rings. The first-order valence-electron chi connectivity index (χ1n) is 10.2. The number of carbonyl (C=O) groups excluding carboxylic acids is 1. The van der Waals surface area contributed by atoms with Crippen LogP contribution in [0.15, 0.2) is 47.4 Å². The van der Waals surface area contributed by atoms with Crippen LogP contribution in [-0.2, 0) is 25.9 Å². The Morgan fingerprint density at radius 3 is 2.39 bits per heavy atom. The van der Waals surface area contributed by atoms with E-state index >= 15 is 0 Å². The minimum Gasteiger partial charge on any atom is -0.381 e. The maximum Gasteiger partial charge on any atom is 0.264 e. The molecule has 0 saturated carbocycles. The molecule has 8 nitrogen and oxygen atoms in total. The molecule has 1 aromatic heterocycles. The van der Waals surface area contributed by atoms with E-state index in [0.29, 0.717) is 5.92 Å². The second kappa shape index (κ2) is 9.33. The number of ether oxygens (including phenoxy) is 1. The van der Waals surface area contributed by atoms with E-state index in [1.54, 1.807) is 12.3 Å². The highest BCUT2D eigenvalue weighted by Crippen LogP contribution is 2.29. The first kappa shape index (κ1) is 23.2. The number of nitrogens with one attached hydrogen (secondary N) is 1. The molecule has 1 amide bonds. The summed E-state index contributed by atoms with van der Waals surface area (Å²) in [4.78, 5) is 24.5. The lowest BCUT2D eigenvalue weighted by Gasteiger charge is -2.25. The van der Waals surface area contributed by atoms with E-state index in [-0.39, 0.29) is 18.5 Å². The molecule has 2 aromatic rings. The van der Waals surface area contributed by atoms with Crippen molar-refractivity contribution in [3.63, 3.8) is 0 Å². The molecular formula is C22H28N2O6S. The van der Waals surface area contributed by atoms with Crippen molar-refractivity contribution in [2.75, 3.05) is 19.5 Å². The van der Waals surface area contributed by atoms with Gasteiger partial charge in [0.1, 0.15) is 0 Å². The van der Waals surface area contributed by atoms with Crippen molar-refractivity contribution in [3.05, 3.63) is 58.5 Å². The number of amides is 1. The SMILES string of the molecule is C[C@@](CCn1ccc(-c2ccc(C3CCOCC3)cc2)cc1=O)(C(=O)NO)S(C)(=O)=O. The second-order valence-electron chi connectivity index (χ2n) is 8.15. The summed E-state index contributed by atoms with van der Waals surface area (Å²) in [5.74, 6) is -0.527. The third kappa shape index (κ3) is 5.06. The predicted molar refractivity (Wildman–Crippen MR) is 117 cm³/mol. The van der Waals surface area contributed by atoms with Crippen LogP contribution in [0.1, 0.15) is 37.7 Å². The van der Waals surface area contributed by atoms with E-state index in [1.165, 1.54) is 28.6 Å². The number of rotatable bonds is 7. The monoisotopic (exact) mass is 448 g/mol. The Bertz CT molecular complexity index is 1090. The van der Waals surface area contributed by atoms with Gasteiger partial charge in [-0.05, 0) is 54.9 Å². The average molecular weight is 449 g/mol. The Morgan fingerprint density at radius 1 is 1.19 bits per heavy atom. The van der Waals surface area contributed by atoms with E-state index < -0.39 is 20.5 Å². The summed E-state index contributed by atoms with van der Waals surface area (Å²) in [6, 6.07) is 11.4. The highest BCUT2D eigenvalue weighted by molar-refractivity contribution is 7.92. The second-order valence-corrected chi connectivity index (χ2v) is 10.6. The number of aromatic nitrogens is 1. The van der Waals surface area contributed by atoms with Crippen molar-refractivity contribution in [1.29, 1.82) is 0 Å². The molecule has 0 aliphatic carbocycles. The zero-order chi connectivity index (χ0) is 22.6. The molecular weight excluding hydrogens is 420 g/mol. The topological polar surface area (TPSA) is 115 Å². The van der Waals surface area contributed by atoms with Gasteiger partial charge in [0, 0.05) is 38.3 Å². The molecule has 1 saturated heterocycles. The third-order valence-electron chi connectivity index (χ3n) is 6.16. The summed E-state index contributed by atoms with van der Waals surface area (Å²) in [7, 11) is -3.82. The molecule has 1 aliphatic heterocycles. The van der Waals surface area contributed by atoms with Gasteiger partial charge < -0.3 is 9.30 Å². The van der Waals surface area contributed by atoms with Crippen molar-refractivity contribution in [2.45, 2.75) is 43.4 Å². The number of sulfone groups is 1. The van der Waals surface area contributed by atoms with Crippen LogP contribution in [-0.4, -0.2) is 48.3 Å². The lowest BCUT2D eigenvalue weighted by molar-refractivity contribution is -0.131. The molecule has 168 valence electrons. The number of pyridine rings is 1. The third-order valence-corrected chi connectivity index (χ3v) is 8.19. The van der Waals surface area contributed by atoms with Gasteiger partial charge in [0.2, 0.25) is 0 Å². The van der Waals surface area contributed by atoms with Crippen molar-refractivity contribution < 1.29 is 23.2 Å². The molecule has 0 bridgehead atoms. The van der Waals surface area contributed by atoms with Crippen molar-refractivity contribution in [1.82, 2.24) is 10.0 Å². The van der Waals surface area contributed by atoms with Crippen LogP contribution in [0.2, 0.25) is 0 Å². The van der Waals surface area contributed by atoms with Crippen molar-refractivity contribution in [2.24, 2.45) is 0 Å². The van der Waals surface area contributed by atoms with Gasteiger partial charge in [0.25, 0.3) is 11.5 Å². The molecule has 31 heavy (non-hydrogen) atoms. The lowest BCUT2D eigenvalue weighted by Crippen LogP contribution is -2.49. The van der Waals surface area contributed by atoms with Crippen molar-refractivity contribution >= 4 is 15.7 Å². The van der Waals surface area contributed by atoms with Crippen LogP contribution < -0.4 is 11.0 Å². The molecule has 0 spiro atoms. The highest BCUT2D eigenvalue weighted by Gasteiger charge is 2.43. The molecule has 0 unspecified atom stereocenters. The molecule has 2 N–H and O–H groups in total. The summed E-state index contributed by atoms with van der Waals surface area (Å²) < 4.78 is 29.1. The Hall–Kier alpha value is -2.49. The first-order chi connectivity index (χ1) is 14.7. The van der Waals surface area contributed by atoms with Gasteiger partial charge >= 0.3 is 0 Å². The van der Waals surface area contributed by atoms with Crippen molar-refractivity contribution in [3.8, 4) is 11.1 Å². The molecule has 3 rings (SSSR count). The summed E-state index contributed by atoms with van der Waals surface area (Å²) in [6.07, 6.45) is 4.38. The van der Waals surface area contributed by atoms with Crippen LogP contribution in [0.25, 0.3) is 11.1 Å². The number of hydroxylamine groups is 1. The van der Waals surface area contributed by atoms with E-state index in [0.717, 1.165) is 43.4 Å². The molecule has 2 heterocycles. The number of aryl methyl sites for hydroxylation is 1. The fraction of sp³-hybridized carbons (Fsp3) is 0.455. The van der Waals surface area contributed by atoms with Gasteiger partial charge in [-0.25, -0.2) is 13.9 Å². The summed E-state index contributed by atoms with van der Waals surface area (Å²) in [5, 5.41) is 8.91. The number of carbonyl (C=O) groups is 1.